The number of carbonyl (C=O) groups is 1. The third kappa shape index (κ3) is 2.31. The Kier molecular flexibility index (Phi) is 2.90. The summed E-state index contributed by atoms with van der Waals surface area (Å²) >= 11 is 0. The summed E-state index contributed by atoms with van der Waals surface area (Å²) in [5.74, 6) is -0.350. The topological polar surface area (TPSA) is 70.9 Å². The molecule has 1 aromatic carbocycles. The lowest BCUT2D eigenvalue weighted by Gasteiger charge is -2.22. The van der Waals surface area contributed by atoms with E-state index in [0.717, 1.165) is 11.1 Å². The Bertz CT molecular complexity index is 542. The molecule has 17 heavy (non-hydrogen) atoms. The molecule has 0 saturated heterocycles. The highest BCUT2D eigenvalue weighted by Gasteiger charge is 2.23. The van der Waals surface area contributed by atoms with Gasteiger partial charge in [-0.1, -0.05) is 18.2 Å². The van der Waals surface area contributed by atoms with Gasteiger partial charge >= 0.3 is 0 Å². The minimum Gasteiger partial charge on any atom is -0.368 e. The van der Waals surface area contributed by atoms with E-state index in [1.807, 2.05) is 24.4 Å². The number of fused-ring (bicyclic) bond motifs is 1. The molecule has 0 aliphatic carbocycles. The van der Waals surface area contributed by atoms with Crippen molar-refractivity contribution in [3.63, 3.8) is 0 Å². The fourth-order valence-corrected chi connectivity index (χ4v) is 1.68. The van der Waals surface area contributed by atoms with Gasteiger partial charge in [-0.25, -0.2) is 0 Å². The number of nitrogens with one attached hydrogen (secondary N) is 2. The van der Waals surface area contributed by atoms with E-state index >= 15 is 0 Å². The molecule has 90 valence electrons. The number of H-pyrrole nitrogens is 1. The van der Waals surface area contributed by atoms with Crippen molar-refractivity contribution < 1.29 is 4.79 Å². The average Bonchev–Trinajstić information content (AvgIpc) is 2.69. The van der Waals surface area contributed by atoms with Crippen LogP contribution in [0.5, 0.6) is 0 Å². The van der Waals surface area contributed by atoms with Crippen molar-refractivity contribution in [2.75, 3.05) is 0 Å². The molecule has 1 heterocycles. The fraction of sp³-hybridized carbons (Fsp3) is 0.308. The lowest BCUT2D eigenvalue weighted by Crippen LogP contribution is -2.50. The molecule has 2 aromatic rings. The zero-order valence-corrected chi connectivity index (χ0v) is 10.1. The summed E-state index contributed by atoms with van der Waals surface area (Å²) in [4.78, 5) is 14.4. The van der Waals surface area contributed by atoms with Gasteiger partial charge in [0.2, 0.25) is 5.91 Å². The predicted molar refractivity (Wildman–Crippen MR) is 68.4 cm³/mol. The highest BCUT2D eigenvalue weighted by molar-refractivity contribution is 5.84. The standard InChI is InChI=1S/C13H17N3O/c1-13(2,12(14)17)16-8-9-7-15-11-6-4-3-5-10(9)11/h3-7,15-16H,8H2,1-2H3,(H2,14,17). The van der Waals surface area contributed by atoms with Gasteiger partial charge in [-0.05, 0) is 25.5 Å². The first-order valence-corrected chi connectivity index (χ1v) is 5.60. The van der Waals surface area contributed by atoms with Crippen LogP contribution in [-0.4, -0.2) is 16.4 Å². The maximum Gasteiger partial charge on any atom is 0.237 e. The maximum atomic E-state index is 11.2. The first kappa shape index (κ1) is 11.7. The quantitative estimate of drug-likeness (QED) is 0.746. The van der Waals surface area contributed by atoms with Gasteiger partial charge < -0.3 is 10.7 Å². The third-order valence-electron chi connectivity index (χ3n) is 3.01. The van der Waals surface area contributed by atoms with E-state index in [1.165, 1.54) is 5.39 Å². The van der Waals surface area contributed by atoms with Crippen molar-refractivity contribution in [2.24, 2.45) is 5.73 Å². The van der Waals surface area contributed by atoms with Crippen molar-refractivity contribution in [3.05, 3.63) is 36.0 Å². The number of aromatic amines is 1. The second kappa shape index (κ2) is 4.22. The van der Waals surface area contributed by atoms with Crippen LogP contribution < -0.4 is 11.1 Å². The Morgan fingerprint density at radius 1 is 1.41 bits per heavy atom. The summed E-state index contributed by atoms with van der Waals surface area (Å²) < 4.78 is 0. The van der Waals surface area contributed by atoms with Crippen LogP contribution in [0.2, 0.25) is 0 Å². The second-order valence-electron chi connectivity index (χ2n) is 4.70. The van der Waals surface area contributed by atoms with Crippen molar-refractivity contribution in [1.82, 2.24) is 10.3 Å². The van der Waals surface area contributed by atoms with Crippen LogP contribution in [0, 0.1) is 0 Å². The number of carbonyl (C=O) groups excluding carboxylic acids is 1. The van der Waals surface area contributed by atoms with Crippen LogP contribution >= 0.6 is 0 Å². The molecule has 4 N–H and O–H groups in total. The van der Waals surface area contributed by atoms with Gasteiger partial charge in [0.1, 0.15) is 0 Å². The van der Waals surface area contributed by atoms with Crippen molar-refractivity contribution >= 4 is 16.8 Å². The van der Waals surface area contributed by atoms with Gasteiger partial charge in [0, 0.05) is 23.6 Å². The Morgan fingerprint density at radius 2 is 2.12 bits per heavy atom. The molecule has 0 bridgehead atoms. The molecule has 4 nitrogen and oxygen atoms in total. The Balaban J connectivity index is 2.17. The lowest BCUT2D eigenvalue weighted by atomic mass is 10.0. The van der Waals surface area contributed by atoms with Crippen LogP contribution in [0.25, 0.3) is 10.9 Å². The Labute approximate surface area is 100 Å². The van der Waals surface area contributed by atoms with Gasteiger partial charge in [0.05, 0.1) is 5.54 Å². The minimum absolute atomic E-state index is 0.350. The van der Waals surface area contributed by atoms with E-state index in [1.54, 1.807) is 13.8 Å². The zero-order valence-electron chi connectivity index (χ0n) is 10.1. The summed E-state index contributed by atoms with van der Waals surface area (Å²) in [6, 6.07) is 8.07. The molecule has 0 fully saturated rings. The number of nitrogens with two attached hydrogens (primary N) is 1. The number of amides is 1. The number of para-hydroxylation sites is 1. The normalized spacial score (nSPS) is 11.9. The molecule has 1 aromatic heterocycles. The highest BCUT2D eigenvalue weighted by atomic mass is 16.1. The second-order valence-corrected chi connectivity index (χ2v) is 4.70. The van der Waals surface area contributed by atoms with Crippen LogP contribution in [0.4, 0.5) is 0 Å². The van der Waals surface area contributed by atoms with E-state index in [9.17, 15) is 4.79 Å². The molecule has 0 saturated carbocycles. The van der Waals surface area contributed by atoms with Crippen molar-refractivity contribution in [2.45, 2.75) is 25.9 Å². The van der Waals surface area contributed by atoms with Gasteiger partial charge in [-0.2, -0.15) is 0 Å². The molecule has 0 unspecified atom stereocenters. The van der Waals surface area contributed by atoms with Crippen molar-refractivity contribution in [1.29, 1.82) is 0 Å². The number of primary amides is 1. The average molecular weight is 231 g/mol. The van der Waals surface area contributed by atoms with E-state index in [2.05, 4.69) is 16.4 Å². The van der Waals surface area contributed by atoms with E-state index in [4.69, 9.17) is 5.73 Å². The predicted octanol–water partition coefficient (Wildman–Crippen LogP) is 1.52. The third-order valence-corrected chi connectivity index (χ3v) is 3.01. The molecule has 1 amide bonds. The molecule has 2 rings (SSSR count). The van der Waals surface area contributed by atoms with Crippen LogP contribution in [0.15, 0.2) is 30.5 Å². The first-order valence-electron chi connectivity index (χ1n) is 5.60. The van der Waals surface area contributed by atoms with Gasteiger partial charge in [-0.15, -0.1) is 0 Å². The summed E-state index contributed by atoms with van der Waals surface area (Å²) in [7, 11) is 0. The van der Waals surface area contributed by atoms with Gasteiger partial charge in [-0.3, -0.25) is 10.1 Å². The molecule has 0 spiro atoms. The zero-order chi connectivity index (χ0) is 12.5. The van der Waals surface area contributed by atoms with Crippen LogP contribution in [-0.2, 0) is 11.3 Å². The SMILES string of the molecule is CC(C)(NCc1c[nH]c2ccccc12)C(N)=O. The fourth-order valence-electron chi connectivity index (χ4n) is 1.68. The number of hydrogen-bond acceptors (Lipinski definition) is 2. The molecule has 0 radical (unpaired) electrons. The van der Waals surface area contributed by atoms with E-state index in [0.29, 0.717) is 6.54 Å². The first-order chi connectivity index (χ1) is 8.00. The minimum atomic E-state index is -0.696. The number of rotatable bonds is 4. The smallest absolute Gasteiger partial charge is 0.237 e. The van der Waals surface area contributed by atoms with Gasteiger partial charge in [0.25, 0.3) is 0 Å². The summed E-state index contributed by atoms with van der Waals surface area (Å²) in [6.45, 7) is 4.17. The van der Waals surface area contributed by atoms with Crippen LogP contribution in [0.1, 0.15) is 19.4 Å². The lowest BCUT2D eigenvalue weighted by molar-refractivity contribution is -0.123. The maximum absolute atomic E-state index is 11.2. The molecular formula is C13H17N3O. The Morgan fingerprint density at radius 3 is 2.82 bits per heavy atom. The number of aromatic nitrogens is 1. The summed E-state index contributed by atoms with van der Waals surface area (Å²) in [5.41, 5.74) is 6.85. The molecule has 4 heteroatoms. The number of benzene rings is 1. The Hall–Kier alpha value is -1.81. The van der Waals surface area contributed by atoms with Gasteiger partial charge in [0.15, 0.2) is 0 Å². The number of hydrogen-bond donors (Lipinski definition) is 3. The molecule has 0 aliphatic rings. The monoisotopic (exact) mass is 231 g/mol. The van der Waals surface area contributed by atoms with Crippen LogP contribution in [0.3, 0.4) is 0 Å². The molecule has 0 atom stereocenters. The van der Waals surface area contributed by atoms with E-state index < -0.39 is 5.54 Å². The molecule has 0 aliphatic heterocycles. The highest BCUT2D eigenvalue weighted by Crippen LogP contribution is 2.18. The largest absolute Gasteiger partial charge is 0.368 e. The summed E-state index contributed by atoms with van der Waals surface area (Å²) in [6.07, 6.45) is 1.95. The summed E-state index contributed by atoms with van der Waals surface area (Å²) in [5, 5.41) is 4.33. The van der Waals surface area contributed by atoms with E-state index in [-0.39, 0.29) is 5.91 Å². The van der Waals surface area contributed by atoms with Crippen molar-refractivity contribution in [3.8, 4) is 0 Å². The molecular weight excluding hydrogens is 214 g/mol.